The molecule has 3 atom stereocenters. The number of amides is 2. The Morgan fingerprint density at radius 3 is 2.78 bits per heavy atom. The summed E-state index contributed by atoms with van der Waals surface area (Å²) in [5.41, 5.74) is 2.42. The highest BCUT2D eigenvalue weighted by Gasteiger charge is 2.40. The molecule has 0 bridgehead atoms. The maximum Gasteiger partial charge on any atom is 0.326 e. The lowest BCUT2D eigenvalue weighted by atomic mass is 10.0. The predicted octanol–water partition coefficient (Wildman–Crippen LogP) is 3.17. The first-order valence-corrected chi connectivity index (χ1v) is 13.4. The number of aromatic nitrogens is 1. The van der Waals surface area contributed by atoms with Crippen LogP contribution in [0.15, 0.2) is 12.1 Å². The number of carboxylic acid groups (broad SMARTS) is 1. The third-order valence-corrected chi connectivity index (χ3v) is 7.30. The summed E-state index contributed by atoms with van der Waals surface area (Å²) in [4.78, 5) is 43.5. The number of likely N-dealkylation sites (tertiary alicyclic amines) is 1. The first-order chi connectivity index (χ1) is 17.4. The van der Waals surface area contributed by atoms with E-state index in [9.17, 15) is 19.5 Å². The van der Waals surface area contributed by atoms with Crippen molar-refractivity contribution in [3.05, 3.63) is 23.4 Å². The highest BCUT2D eigenvalue weighted by molar-refractivity contribution is 5.91. The van der Waals surface area contributed by atoms with Crippen LogP contribution in [0.4, 0.5) is 5.82 Å². The maximum atomic E-state index is 12.9. The normalized spacial score (nSPS) is 19.9. The van der Waals surface area contributed by atoms with Gasteiger partial charge in [-0.05, 0) is 56.1 Å². The zero-order valence-corrected chi connectivity index (χ0v) is 21.8. The summed E-state index contributed by atoms with van der Waals surface area (Å²) in [5, 5.41) is 15.7. The minimum Gasteiger partial charge on any atom is -0.480 e. The van der Waals surface area contributed by atoms with Crippen LogP contribution in [0.3, 0.4) is 0 Å². The number of aliphatic carboxylic acids is 1. The number of methoxy groups -OCH3 is 1. The quantitative estimate of drug-likeness (QED) is 0.334. The van der Waals surface area contributed by atoms with Crippen LogP contribution in [0.2, 0.25) is 0 Å². The molecule has 1 saturated heterocycles. The third kappa shape index (κ3) is 7.91. The molecule has 0 aliphatic carbocycles. The lowest BCUT2D eigenvalue weighted by Gasteiger charge is -2.27. The van der Waals surface area contributed by atoms with Crippen LogP contribution >= 0.6 is 0 Å². The molecule has 9 nitrogen and oxygen atoms in total. The average Bonchev–Trinajstić information content (AvgIpc) is 3.27. The molecular weight excluding hydrogens is 460 g/mol. The molecule has 2 aliphatic rings. The zero-order chi connectivity index (χ0) is 25.9. The number of anilines is 1. The average molecular weight is 503 g/mol. The number of carbonyl (C=O) groups excluding carboxylic acids is 2. The molecule has 3 rings (SSSR count). The Labute approximate surface area is 214 Å². The number of rotatable bonds is 14. The van der Waals surface area contributed by atoms with Gasteiger partial charge in [0.05, 0.1) is 13.0 Å². The fourth-order valence-corrected chi connectivity index (χ4v) is 5.17. The van der Waals surface area contributed by atoms with E-state index in [1.165, 1.54) is 12.7 Å². The smallest absolute Gasteiger partial charge is 0.326 e. The van der Waals surface area contributed by atoms with Crippen LogP contribution in [0.5, 0.6) is 0 Å². The number of pyridine rings is 1. The number of nitrogens with zero attached hydrogens (tertiary/aromatic N) is 2. The minimum absolute atomic E-state index is 0.00803. The Kier molecular flexibility index (Phi) is 11.0. The SMILES string of the molecule is COCCC(=O)N1CCC(C)C1C(=O)NC(CCCCCCCc1ccc2c(n1)NCCC2)C(=O)O. The predicted molar refractivity (Wildman–Crippen MR) is 138 cm³/mol. The number of hydrogen-bond donors (Lipinski definition) is 3. The largest absolute Gasteiger partial charge is 0.480 e. The van der Waals surface area contributed by atoms with Crippen molar-refractivity contribution in [1.29, 1.82) is 0 Å². The second-order valence-corrected chi connectivity index (χ2v) is 10.1. The highest BCUT2D eigenvalue weighted by atomic mass is 16.5. The van der Waals surface area contributed by atoms with Crippen molar-refractivity contribution < 1.29 is 24.2 Å². The summed E-state index contributed by atoms with van der Waals surface area (Å²) in [7, 11) is 1.53. The van der Waals surface area contributed by atoms with E-state index >= 15 is 0 Å². The second kappa shape index (κ2) is 14.2. The van der Waals surface area contributed by atoms with E-state index in [-0.39, 0.29) is 24.2 Å². The number of fused-ring (bicyclic) bond motifs is 1. The number of carbonyl (C=O) groups is 3. The van der Waals surface area contributed by atoms with Crippen molar-refractivity contribution in [3.63, 3.8) is 0 Å². The summed E-state index contributed by atoms with van der Waals surface area (Å²) in [5.74, 6) is -0.500. The molecule has 2 aliphatic heterocycles. The maximum absolute atomic E-state index is 12.9. The zero-order valence-electron chi connectivity index (χ0n) is 21.8. The van der Waals surface area contributed by atoms with Gasteiger partial charge in [0.1, 0.15) is 17.9 Å². The topological polar surface area (TPSA) is 121 Å². The molecular formula is C27H42N4O5. The molecule has 1 fully saturated rings. The van der Waals surface area contributed by atoms with E-state index in [1.54, 1.807) is 4.90 Å². The molecule has 0 radical (unpaired) electrons. The molecule has 0 aromatic carbocycles. The molecule has 3 unspecified atom stereocenters. The number of hydrogen-bond acceptors (Lipinski definition) is 6. The molecule has 1 aromatic heterocycles. The van der Waals surface area contributed by atoms with Crippen LogP contribution < -0.4 is 10.6 Å². The van der Waals surface area contributed by atoms with Gasteiger partial charge in [-0.2, -0.15) is 0 Å². The van der Waals surface area contributed by atoms with Gasteiger partial charge in [0.25, 0.3) is 0 Å². The number of unbranched alkanes of at least 4 members (excludes halogenated alkanes) is 4. The molecule has 2 amide bonds. The van der Waals surface area contributed by atoms with Gasteiger partial charge < -0.3 is 25.4 Å². The van der Waals surface area contributed by atoms with Gasteiger partial charge in [-0.25, -0.2) is 9.78 Å². The highest BCUT2D eigenvalue weighted by Crippen LogP contribution is 2.25. The van der Waals surface area contributed by atoms with Gasteiger partial charge in [-0.15, -0.1) is 0 Å². The molecule has 3 heterocycles. The molecule has 0 spiro atoms. The molecule has 1 aromatic rings. The molecule has 3 N–H and O–H groups in total. The van der Waals surface area contributed by atoms with E-state index in [0.717, 1.165) is 75.8 Å². The van der Waals surface area contributed by atoms with Gasteiger partial charge in [-0.3, -0.25) is 9.59 Å². The van der Waals surface area contributed by atoms with Crippen LogP contribution in [-0.2, 0) is 32.0 Å². The Bertz CT molecular complexity index is 893. The first kappa shape index (κ1) is 27.9. The van der Waals surface area contributed by atoms with Gasteiger partial charge in [-0.1, -0.05) is 38.7 Å². The Hall–Kier alpha value is -2.68. The fraction of sp³-hybridized carbons (Fsp3) is 0.704. The van der Waals surface area contributed by atoms with E-state index in [0.29, 0.717) is 19.6 Å². The van der Waals surface area contributed by atoms with Gasteiger partial charge in [0.15, 0.2) is 0 Å². The first-order valence-electron chi connectivity index (χ1n) is 13.4. The number of carboxylic acids is 1. The van der Waals surface area contributed by atoms with Crippen LogP contribution in [0.25, 0.3) is 0 Å². The Morgan fingerprint density at radius 1 is 1.22 bits per heavy atom. The summed E-state index contributed by atoms with van der Waals surface area (Å²) in [6, 6.07) is 2.76. The van der Waals surface area contributed by atoms with Crippen molar-refractivity contribution in [3.8, 4) is 0 Å². The van der Waals surface area contributed by atoms with E-state index < -0.39 is 18.1 Å². The van der Waals surface area contributed by atoms with Crippen LogP contribution in [0.1, 0.15) is 76.0 Å². The standard InChI is InChI=1S/C27H42N4O5/c1-19-14-17-31(23(32)15-18-36-2)24(19)26(33)30-22(27(34)35)11-7-5-3-4-6-10-21-13-12-20-9-8-16-28-25(20)29-21/h12-13,19,22,24H,3-11,14-18H2,1-2H3,(H,28,29)(H,30,33)(H,34,35). The second-order valence-electron chi connectivity index (χ2n) is 10.1. The lowest BCUT2D eigenvalue weighted by Crippen LogP contribution is -2.52. The van der Waals surface area contributed by atoms with Crippen molar-refractivity contribution in [1.82, 2.24) is 15.2 Å². The summed E-state index contributed by atoms with van der Waals surface area (Å²) >= 11 is 0. The molecule has 200 valence electrons. The van der Waals surface area contributed by atoms with Crippen molar-refractivity contribution in [2.45, 2.75) is 89.6 Å². The molecule has 0 saturated carbocycles. The van der Waals surface area contributed by atoms with Crippen molar-refractivity contribution >= 4 is 23.6 Å². The van der Waals surface area contributed by atoms with E-state index in [1.807, 2.05) is 6.92 Å². The number of ether oxygens (including phenoxy) is 1. The van der Waals surface area contributed by atoms with Crippen molar-refractivity contribution in [2.24, 2.45) is 5.92 Å². The van der Waals surface area contributed by atoms with E-state index in [2.05, 4.69) is 22.8 Å². The Morgan fingerprint density at radius 2 is 2.00 bits per heavy atom. The van der Waals surface area contributed by atoms with Crippen molar-refractivity contribution in [2.75, 3.05) is 32.1 Å². The number of nitrogens with one attached hydrogen (secondary N) is 2. The third-order valence-electron chi connectivity index (χ3n) is 7.30. The summed E-state index contributed by atoms with van der Waals surface area (Å²) < 4.78 is 4.98. The van der Waals surface area contributed by atoms with E-state index in [4.69, 9.17) is 9.72 Å². The fourth-order valence-electron chi connectivity index (χ4n) is 5.17. The minimum atomic E-state index is -1.03. The summed E-state index contributed by atoms with van der Waals surface area (Å²) in [6.07, 6.45) is 9.32. The number of aryl methyl sites for hydroxylation is 2. The van der Waals surface area contributed by atoms with Crippen LogP contribution in [0, 0.1) is 5.92 Å². The summed E-state index contributed by atoms with van der Waals surface area (Å²) in [6.45, 7) is 3.74. The lowest BCUT2D eigenvalue weighted by molar-refractivity contribution is -0.144. The molecule has 9 heteroatoms. The van der Waals surface area contributed by atoms with Crippen LogP contribution in [-0.4, -0.2) is 71.7 Å². The Balaban J connectivity index is 1.36. The van der Waals surface area contributed by atoms with Gasteiger partial charge in [0.2, 0.25) is 11.8 Å². The van der Waals surface area contributed by atoms with Gasteiger partial charge >= 0.3 is 5.97 Å². The molecule has 36 heavy (non-hydrogen) atoms. The monoisotopic (exact) mass is 502 g/mol. The van der Waals surface area contributed by atoms with Gasteiger partial charge in [0, 0.05) is 25.9 Å².